The first-order chi connectivity index (χ1) is 13.0. The lowest BCUT2D eigenvalue weighted by Crippen LogP contribution is -2.41. The van der Waals surface area contributed by atoms with E-state index in [0.717, 1.165) is 24.2 Å². The first kappa shape index (κ1) is 22.9. The summed E-state index contributed by atoms with van der Waals surface area (Å²) in [7, 11) is -1.37. The van der Waals surface area contributed by atoms with Crippen LogP contribution < -0.4 is 15.5 Å². The van der Waals surface area contributed by atoms with E-state index in [1.54, 1.807) is 7.05 Å². The number of sulfonamides is 1. The minimum absolute atomic E-state index is 0. The molecule has 156 valence electrons. The predicted molar refractivity (Wildman–Crippen MR) is 122 cm³/mol. The fourth-order valence-corrected chi connectivity index (χ4v) is 4.89. The molecule has 0 saturated carbocycles. The number of hydrogen-bond acceptors (Lipinski definition) is 4. The van der Waals surface area contributed by atoms with E-state index in [0.29, 0.717) is 45.0 Å². The molecular weight excluding hydrogens is 493 g/mol. The van der Waals surface area contributed by atoms with E-state index < -0.39 is 10.0 Å². The van der Waals surface area contributed by atoms with Crippen molar-refractivity contribution in [2.24, 2.45) is 4.99 Å². The van der Waals surface area contributed by atoms with E-state index in [-0.39, 0.29) is 35.6 Å². The molecule has 2 fully saturated rings. The van der Waals surface area contributed by atoms with Gasteiger partial charge in [-0.05, 0) is 30.5 Å². The molecule has 0 aliphatic carbocycles. The fourth-order valence-electron chi connectivity index (χ4n) is 3.36. The molecule has 0 unspecified atom stereocenters. The standard InChI is InChI=1S/C18H27N5O3S.HI/c1-19-18(20-9-12-22-10-3-13-27(22,25)26)21-14-15-5-7-16(8-6-15)23-11-2-4-17(23)24;/h5-8H,2-4,9-14H2,1H3,(H2,19,20,21);1H. The Labute approximate surface area is 183 Å². The van der Waals surface area contributed by atoms with Crippen molar-refractivity contribution in [2.75, 3.05) is 43.9 Å². The zero-order valence-corrected chi connectivity index (χ0v) is 19.2. The summed E-state index contributed by atoms with van der Waals surface area (Å²) in [6, 6.07) is 7.93. The lowest BCUT2D eigenvalue weighted by atomic mass is 10.2. The molecular formula is C18H28IN5O3S. The molecule has 1 amide bonds. The average Bonchev–Trinajstić information content (AvgIpc) is 3.23. The number of rotatable bonds is 6. The van der Waals surface area contributed by atoms with Gasteiger partial charge in [-0.3, -0.25) is 9.79 Å². The third kappa shape index (κ3) is 5.80. The summed E-state index contributed by atoms with van der Waals surface area (Å²) in [6.07, 6.45) is 2.25. The van der Waals surface area contributed by atoms with Gasteiger partial charge >= 0.3 is 0 Å². The molecule has 1 aromatic rings. The summed E-state index contributed by atoms with van der Waals surface area (Å²) in [5.74, 6) is 1.06. The molecule has 2 aliphatic heterocycles. The number of carbonyl (C=O) groups excluding carboxylic acids is 1. The van der Waals surface area contributed by atoms with Crippen LogP contribution in [-0.2, 0) is 21.4 Å². The number of amides is 1. The van der Waals surface area contributed by atoms with Gasteiger partial charge in [0.25, 0.3) is 0 Å². The van der Waals surface area contributed by atoms with Gasteiger partial charge in [-0.2, -0.15) is 0 Å². The highest BCUT2D eigenvalue weighted by Crippen LogP contribution is 2.21. The Kier molecular flexibility index (Phi) is 8.50. The zero-order valence-electron chi connectivity index (χ0n) is 16.1. The summed E-state index contributed by atoms with van der Waals surface area (Å²) in [5, 5.41) is 6.37. The van der Waals surface area contributed by atoms with Crippen LogP contribution in [0.15, 0.2) is 29.3 Å². The Morgan fingerprint density at radius 3 is 2.46 bits per heavy atom. The second-order valence-electron chi connectivity index (χ2n) is 6.74. The van der Waals surface area contributed by atoms with Crippen molar-refractivity contribution in [1.29, 1.82) is 0 Å². The number of guanidine groups is 1. The van der Waals surface area contributed by atoms with Gasteiger partial charge in [-0.25, -0.2) is 12.7 Å². The normalized spacial score (nSPS) is 19.5. The molecule has 8 nitrogen and oxygen atoms in total. The molecule has 3 rings (SSSR count). The van der Waals surface area contributed by atoms with Gasteiger partial charge in [-0.15, -0.1) is 24.0 Å². The van der Waals surface area contributed by atoms with Crippen molar-refractivity contribution < 1.29 is 13.2 Å². The van der Waals surface area contributed by atoms with Gasteiger partial charge in [0.1, 0.15) is 0 Å². The van der Waals surface area contributed by atoms with Crippen molar-refractivity contribution in [3.05, 3.63) is 29.8 Å². The van der Waals surface area contributed by atoms with Crippen molar-refractivity contribution in [2.45, 2.75) is 25.8 Å². The van der Waals surface area contributed by atoms with Gasteiger partial charge in [0.15, 0.2) is 5.96 Å². The molecule has 2 aliphatic rings. The third-order valence-corrected chi connectivity index (χ3v) is 6.82. The molecule has 2 N–H and O–H groups in total. The maximum atomic E-state index is 11.8. The maximum Gasteiger partial charge on any atom is 0.227 e. The molecule has 0 bridgehead atoms. The summed E-state index contributed by atoms with van der Waals surface area (Å²) in [5.41, 5.74) is 2.02. The van der Waals surface area contributed by atoms with Gasteiger partial charge in [0, 0.05) is 51.9 Å². The zero-order chi connectivity index (χ0) is 19.3. The Hall–Kier alpha value is -1.40. The Bertz CT molecular complexity index is 798. The summed E-state index contributed by atoms with van der Waals surface area (Å²) in [6.45, 7) is 2.94. The Balaban J connectivity index is 0.00000280. The van der Waals surface area contributed by atoms with Gasteiger partial charge in [0.2, 0.25) is 15.9 Å². The molecule has 0 radical (unpaired) electrons. The molecule has 10 heteroatoms. The van der Waals surface area contributed by atoms with Crippen LogP contribution in [0.4, 0.5) is 5.69 Å². The molecule has 0 aromatic heterocycles. The highest BCUT2D eigenvalue weighted by Gasteiger charge is 2.27. The van der Waals surface area contributed by atoms with E-state index in [4.69, 9.17) is 0 Å². The maximum absolute atomic E-state index is 11.8. The molecule has 2 heterocycles. The Morgan fingerprint density at radius 2 is 1.89 bits per heavy atom. The number of carbonyl (C=O) groups is 1. The van der Waals surface area contributed by atoms with E-state index in [2.05, 4.69) is 15.6 Å². The summed E-state index contributed by atoms with van der Waals surface area (Å²) >= 11 is 0. The SMILES string of the molecule is CN=C(NCCN1CCCS1(=O)=O)NCc1ccc(N2CCCC2=O)cc1.I. The number of nitrogens with one attached hydrogen (secondary N) is 2. The summed E-state index contributed by atoms with van der Waals surface area (Å²) in [4.78, 5) is 17.8. The molecule has 2 saturated heterocycles. The monoisotopic (exact) mass is 521 g/mol. The molecule has 1 aromatic carbocycles. The van der Waals surface area contributed by atoms with Crippen LogP contribution in [0.1, 0.15) is 24.8 Å². The van der Waals surface area contributed by atoms with Crippen LogP contribution in [-0.4, -0.2) is 63.6 Å². The predicted octanol–water partition coefficient (Wildman–Crippen LogP) is 1.13. The highest BCUT2D eigenvalue weighted by atomic mass is 127. The van der Waals surface area contributed by atoms with Crippen LogP contribution in [0, 0.1) is 0 Å². The lowest BCUT2D eigenvalue weighted by Gasteiger charge is -2.17. The largest absolute Gasteiger partial charge is 0.355 e. The van der Waals surface area contributed by atoms with Crippen molar-refractivity contribution in [1.82, 2.24) is 14.9 Å². The number of aliphatic imine (C=N–C) groups is 1. The second-order valence-corrected chi connectivity index (χ2v) is 8.83. The van der Waals surface area contributed by atoms with Crippen LogP contribution in [0.3, 0.4) is 0 Å². The van der Waals surface area contributed by atoms with Gasteiger partial charge in [-0.1, -0.05) is 12.1 Å². The van der Waals surface area contributed by atoms with Gasteiger partial charge in [0.05, 0.1) is 5.75 Å². The number of hydrogen-bond donors (Lipinski definition) is 2. The van der Waals surface area contributed by atoms with Crippen molar-refractivity contribution in [3.63, 3.8) is 0 Å². The van der Waals surface area contributed by atoms with E-state index in [9.17, 15) is 13.2 Å². The average molecular weight is 521 g/mol. The third-order valence-electron chi connectivity index (χ3n) is 4.86. The minimum Gasteiger partial charge on any atom is -0.355 e. The van der Waals surface area contributed by atoms with E-state index in [1.165, 1.54) is 4.31 Å². The first-order valence-corrected chi connectivity index (χ1v) is 10.9. The number of nitrogens with zero attached hydrogens (tertiary/aromatic N) is 3. The molecule has 28 heavy (non-hydrogen) atoms. The molecule has 0 atom stereocenters. The van der Waals surface area contributed by atoms with Crippen LogP contribution in [0.25, 0.3) is 0 Å². The van der Waals surface area contributed by atoms with Crippen LogP contribution >= 0.6 is 24.0 Å². The number of benzene rings is 1. The van der Waals surface area contributed by atoms with Crippen molar-refractivity contribution >= 4 is 51.6 Å². The fraction of sp³-hybridized carbons (Fsp3) is 0.556. The second kappa shape index (κ2) is 10.4. The lowest BCUT2D eigenvalue weighted by molar-refractivity contribution is -0.117. The number of halogens is 1. The number of anilines is 1. The van der Waals surface area contributed by atoms with Crippen LogP contribution in [0.5, 0.6) is 0 Å². The molecule has 0 spiro atoms. The van der Waals surface area contributed by atoms with E-state index in [1.807, 2.05) is 29.2 Å². The van der Waals surface area contributed by atoms with E-state index >= 15 is 0 Å². The Morgan fingerprint density at radius 1 is 1.14 bits per heavy atom. The highest BCUT2D eigenvalue weighted by molar-refractivity contribution is 14.0. The quantitative estimate of drug-likeness (QED) is 0.333. The topological polar surface area (TPSA) is 94.1 Å². The van der Waals surface area contributed by atoms with Crippen molar-refractivity contribution in [3.8, 4) is 0 Å². The van der Waals surface area contributed by atoms with Crippen LogP contribution in [0.2, 0.25) is 0 Å². The van der Waals surface area contributed by atoms with Gasteiger partial charge < -0.3 is 15.5 Å². The minimum atomic E-state index is -3.06. The summed E-state index contributed by atoms with van der Waals surface area (Å²) < 4.78 is 25.1. The first-order valence-electron chi connectivity index (χ1n) is 9.31. The smallest absolute Gasteiger partial charge is 0.227 e.